The van der Waals surface area contributed by atoms with Gasteiger partial charge in [-0.2, -0.15) is 4.98 Å². The third-order valence-corrected chi connectivity index (χ3v) is 4.50. The second-order valence-electron chi connectivity index (χ2n) is 8.12. The monoisotopic (exact) mass is 370 g/mol. The van der Waals surface area contributed by atoms with Crippen molar-refractivity contribution < 1.29 is 14.6 Å². The predicted molar refractivity (Wildman–Crippen MR) is 102 cm³/mol. The van der Waals surface area contributed by atoms with Gasteiger partial charge >= 0.3 is 6.09 Å². The molecule has 2 aromatic rings. The summed E-state index contributed by atoms with van der Waals surface area (Å²) in [5, 5.41) is 9.74. The number of hydrogen-bond donors (Lipinski definition) is 1. The fourth-order valence-electron chi connectivity index (χ4n) is 3.51. The zero-order chi connectivity index (χ0) is 19.8. The van der Waals surface area contributed by atoms with Gasteiger partial charge in [-0.15, -0.1) is 0 Å². The molecule has 1 aliphatic heterocycles. The quantitative estimate of drug-likeness (QED) is 0.880. The molecule has 0 bridgehead atoms. The Bertz CT molecular complexity index is 831. The number of carboxylic acid groups (broad SMARTS) is 1. The van der Waals surface area contributed by atoms with E-state index in [4.69, 9.17) is 9.72 Å². The van der Waals surface area contributed by atoms with Gasteiger partial charge in [0.2, 0.25) is 5.88 Å². The van der Waals surface area contributed by atoms with Crippen LogP contribution >= 0.6 is 0 Å². The van der Waals surface area contributed by atoms with Crippen LogP contribution in [0.3, 0.4) is 0 Å². The summed E-state index contributed by atoms with van der Waals surface area (Å²) in [6.07, 6.45) is 2.92. The number of fused-ring (bicyclic) bond motifs is 1. The molecule has 7 nitrogen and oxygen atoms in total. The molecule has 27 heavy (non-hydrogen) atoms. The van der Waals surface area contributed by atoms with Crippen molar-refractivity contribution in [2.24, 2.45) is 5.41 Å². The van der Waals surface area contributed by atoms with Crippen LogP contribution in [0.15, 0.2) is 24.5 Å². The average Bonchev–Trinajstić information content (AvgIpc) is 2.60. The highest BCUT2D eigenvalue weighted by molar-refractivity contribution is 5.67. The Labute approximate surface area is 159 Å². The van der Waals surface area contributed by atoms with E-state index in [2.05, 4.69) is 9.97 Å². The molecule has 0 saturated heterocycles. The summed E-state index contributed by atoms with van der Waals surface area (Å²) < 4.78 is 6.04. The molecule has 0 aromatic carbocycles. The van der Waals surface area contributed by atoms with Crippen LogP contribution < -0.4 is 4.74 Å². The van der Waals surface area contributed by atoms with Gasteiger partial charge in [0.1, 0.15) is 0 Å². The van der Waals surface area contributed by atoms with Crippen LogP contribution in [-0.4, -0.2) is 43.7 Å². The molecule has 1 amide bonds. The van der Waals surface area contributed by atoms with Gasteiger partial charge in [-0.3, -0.25) is 4.98 Å². The van der Waals surface area contributed by atoms with Crippen molar-refractivity contribution in [1.82, 2.24) is 19.9 Å². The lowest BCUT2D eigenvalue weighted by atomic mass is 9.78. The molecule has 0 fully saturated rings. The summed E-state index contributed by atoms with van der Waals surface area (Å²) in [5.41, 5.74) is 2.10. The summed E-state index contributed by atoms with van der Waals surface area (Å²) in [4.78, 5) is 26.9. The lowest BCUT2D eigenvalue weighted by Crippen LogP contribution is -2.45. The molecule has 1 N–H and O–H groups in total. The predicted octanol–water partition coefficient (Wildman–Crippen LogP) is 3.95. The first-order chi connectivity index (χ1) is 12.7. The van der Waals surface area contributed by atoms with Crippen molar-refractivity contribution >= 4 is 6.09 Å². The van der Waals surface area contributed by atoms with Crippen LogP contribution in [0.2, 0.25) is 0 Å². The van der Waals surface area contributed by atoms with E-state index in [1.165, 1.54) is 4.90 Å². The molecule has 3 rings (SSSR count). The fourth-order valence-corrected chi connectivity index (χ4v) is 3.51. The molecule has 7 heteroatoms. The molecule has 1 unspecified atom stereocenters. The molecule has 3 heterocycles. The standard InChI is InChI=1S/C20H26N4O3/c1-12(2)27-18-15-14(22-17(23-18)13-7-6-9-21-11-13)8-10-24(19(25)26)16(15)20(3,4)5/h6-7,9,11-12,16H,8,10H2,1-5H3,(H,25,26). The molecular formula is C20H26N4O3. The first-order valence-electron chi connectivity index (χ1n) is 9.16. The van der Waals surface area contributed by atoms with E-state index < -0.39 is 6.09 Å². The maximum absolute atomic E-state index is 11.9. The van der Waals surface area contributed by atoms with Crippen molar-refractivity contribution in [1.29, 1.82) is 0 Å². The van der Waals surface area contributed by atoms with E-state index in [0.717, 1.165) is 16.8 Å². The molecule has 0 aliphatic carbocycles. The zero-order valence-corrected chi connectivity index (χ0v) is 16.4. The number of ether oxygens (including phenoxy) is 1. The highest BCUT2D eigenvalue weighted by atomic mass is 16.5. The van der Waals surface area contributed by atoms with Crippen molar-refractivity contribution in [3.05, 3.63) is 35.8 Å². The normalized spacial score (nSPS) is 17.0. The van der Waals surface area contributed by atoms with Crippen LogP contribution in [0.5, 0.6) is 5.88 Å². The van der Waals surface area contributed by atoms with Crippen LogP contribution in [0, 0.1) is 5.41 Å². The van der Waals surface area contributed by atoms with Crippen molar-refractivity contribution in [2.75, 3.05) is 6.54 Å². The van der Waals surface area contributed by atoms with Gasteiger partial charge in [0.25, 0.3) is 0 Å². The Morgan fingerprint density at radius 1 is 1.33 bits per heavy atom. The van der Waals surface area contributed by atoms with Crippen LogP contribution in [0.4, 0.5) is 4.79 Å². The van der Waals surface area contributed by atoms with E-state index in [1.807, 2.05) is 46.8 Å². The summed E-state index contributed by atoms with van der Waals surface area (Å²) in [6, 6.07) is 3.36. The lowest BCUT2D eigenvalue weighted by molar-refractivity contribution is 0.0717. The molecule has 2 aromatic heterocycles. The van der Waals surface area contributed by atoms with Crippen molar-refractivity contribution in [3.8, 4) is 17.3 Å². The summed E-state index contributed by atoms with van der Waals surface area (Å²) in [5.74, 6) is 1.01. The van der Waals surface area contributed by atoms with Crippen molar-refractivity contribution in [2.45, 2.75) is 53.2 Å². The molecule has 1 atom stereocenters. The van der Waals surface area contributed by atoms with Crippen LogP contribution in [-0.2, 0) is 6.42 Å². The first kappa shape index (κ1) is 19.1. The van der Waals surface area contributed by atoms with E-state index in [1.54, 1.807) is 12.4 Å². The number of carbonyl (C=O) groups is 1. The number of pyridine rings is 1. The fraction of sp³-hybridized carbons (Fsp3) is 0.500. The molecule has 0 radical (unpaired) electrons. The number of nitrogens with zero attached hydrogens (tertiary/aromatic N) is 4. The van der Waals surface area contributed by atoms with Crippen LogP contribution in [0.1, 0.15) is 51.9 Å². The minimum Gasteiger partial charge on any atom is -0.475 e. The second-order valence-corrected chi connectivity index (χ2v) is 8.12. The minimum absolute atomic E-state index is 0.0911. The Kier molecular flexibility index (Phi) is 5.04. The van der Waals surface area contributed by atoms with E-state index in [-0.39, 0.29) is 17.6 Å². The molecule has 1 aliphatic rings. The number of aromatic nitrogens is 3. The second kappa shape index (κ2) is 7.13. The van der Waals surface area contributed by atoms with Gasteiger partial charge in [-0.1, -0.05) is 20.8 Å². The topological polar surface area (TPSA) is 88.4 Å². The van der Waals surface area contributed by atoms with Gasteiger partial charge in [0, 0.05) is 30.9 Å². The van der Waals surface area contributed by atoms with Crippen LogP contribution in [0.25, 0.3) is 11.4 Å². The summed E-state index contributed by atoms with van der Waals surface area (Å²) in [6.45, 7) is 10.3. The Hall–Kier alpha value is -2.70. The smallest absolute Gasteiger partial charge is 0.407 e. The zero-order valence-electron chi connectivity index (χ0n) is 16.4. The SMILES string of the molecule is CC(C)Oc1nc(-c2cccnc2)nc2c1C(C(C)(C)C)N(C(=O)O)CC2. The summed E-state index contributed by atoms with van der Waals surface area (Å²) in [7, 11) is 0. The van der Waals surface area contributed by atoms with Crippen molar-refractivity contribution in [3.63, 3.8) is 0 Å². The largest absolute Gasteiger partial charge is 0.475 e. The maximum atomic E-state index is 11.9. The van der Waals surface area contributed by atoms with Gasteiger partial charge in [-0.05, 0) is 31.4 Å². The molecule has 144 valence electrons. The van der Waals surface area contributed by atoms with Gasteiger partial charge in [0.05, 0.1) is 23.4 Å². The Morgan fingerprint density at radius 2 is 2.07 bits per heavy atom. The number of amides is 1. The van der Waals surface area contributed by atoms with Gasteiger partial charge in [0.15, 0.2) is 5.82 Å². The number of hydrogen-bond acceptors (Lipinski definition) is 5. The van der Waals surface area contributed by atoms with Gasteiger partial charge < -0.3 is 14.7 Å². The molecular weight excluding hydrogens is 344 g/mol. The highest BCUT2D eigenvalue weighted by Gasteiger charge is 2.42. The molecule has 0 saturated carbocycles. The highest BCUT2D eigenvalue weighted by Crippen LogP contribution is 2.45. The third kappa shape index (κ3) is 3.86. The molecule has 0 spiro atoms. The lowest BCUT2D eigenvalue weighted by Gasteiger charge is -2.43. The Balaban J connectivity index is 2.21. The van der Waals surface area contributed by atoms with E-state index in [9.17, 15) is 9.90 Å². The third-order valence-electron chi connectivity index (χ3n) is 4.50. The van der Waals surface area contributed by atoms with Gasteiger partial charge in [-0.25, -0.2) is 9.78 Å². The average molecular weight is 370 g/mol. The minimum atomic E-state index is -0.938. The van der Waals surface area contributed by atoms with E-state index >= 15 is 0 Å². The summed E-state index contributed by atoms with van der Waals surface area (Å²) >= 11 is 0. The maximum Gasteiger partial charge on any atom is 0.407 e. The first-order valence-corrected chi connectivity index (χ1v) is 9.16. The Morgan fingerprint density at radius 3 is 2.63 bits per heavy atom. The van der Waals surface area contributed by atoms with E-state index in [0.29, 0.717) is 24.7 Å². The number of rotatable bonds is 3.